The van der Waals surface area contributed by atoms with Crippen LogP contribution < -0.4 is 10.1 Å². The molecule has 7 atom stereocenters. The molecule has 1 aromatic heterocycles. The Hall–Kier alpha value is -1.72. The minimum atomic E-state index is -0.230. The molecular weight excluding hydrogens is 484 g/mol. The van der Waals surface area contributed by atoms with Crippen molar-refractivity contribution in [3.8, 4) is 5.75 Å². The van der Waals surface area contributed by atoms with Crippen molar-refractivity contribution in [3.63, 3.8) is 0 Å². The van der Waals surface area contributed by atoms with Crippen molar-refractivity contribution in [2.24, 2.45) is 28.6 Å². The van der Waals surface area contributed by atoms with Gasteiger partial charge in [-0.05, 0) is 99.0 Å². The van der Waals surface area contributed by atoms with Crippen LogP contribution in [0, 0.1) is 28.6 Å². The number of ketones is 1. The Labute approximate surface area is 235 Å². The van der Waals surface area contributed by atoms with E-state index in [2.05, 4.69) is 36.3 Å². The number of aliphatic hydroxyl groups is 1. The van der Waals surface area contributed by atoms with Gasteiger partial charge in [0.15, 0.2) is 0 Å². The summed E-state index contributed by atoms with van der Waals surface area (Å²) in [6, 6.07) is 3.12. The minimum absolute atomic E-state index is 0.0348. The van der Waals surface area contributed by atoms with Gasteiger partial charge in [-0.3, -0.25) is 9.78 Å². The SMILES string of the molecule is CCC(NC1CCCCC1)c1cncc(OCC[C@]23CCC4C(CC=C5CC(=O)CC[C@@]54C)C2CCC3O)c1. The highest BCUT2D eigenvalue weighted by atomic mass is 16.5. The van der Waals surface area contributed by atoms with Crippen LogP contribution >= 0.6 is 0 Å². The van der Waals surface area contributed by atoms with Gasteiger partial charge < -0.3 is 15.2 Å². The zero-order valence-electron chi connectivity index (χ0n) is 24.3. The number of nitrogens with one attached hydrogen (secondary N) is 1. The zero-order valence-corrected chi connectivity index (χ0v) is 24.3. The maximum Gasteiger partial charge on any atom is 0.137 e. The normalized spacial score (nSPS) is 37.4. The minimum Gasteiger partial charge on any atom is -0.492 e. The molecule has 0 bridgehead atoms. The molecule has 0 aromatic carbocycles. The molecule has 5 aliphatic rings. The molecule has 1 heterocycles. The van der Waals surface area contributed by atoms with E-state index < -0.39 is 0 Å². The molecule has 6 rings (SSSR count). The lowest BCUT2D eigenvalue weighted by Gasteiger charge is -2.57. The molecule has 0 saturated heterocycles. The maximum atomic E-state index is 12.2. The lowest BCUT2D eigenvalue weighted by Crippen LogP contribution is -2.52. The molecule has 4 fully saturated rings. The van der Waals surface area contributed by atoms with Gasteiger partial charge in [-0.2, -0.15) is 0 Å². The fraction of sp³-hybridized carbons (Fsp3) is 0.765. The highest BCUT2D eigenvalue weighted by molar-refractivity contribution is 5.82. The molecule has 5 nitrogen and oxygen atoms in total. The number of allylic oxidation sites excluding steroid dienone is 2. The Bertz CT molecular complexity index is 1060. The summed E-state index contributed by atoms with van der Waals surface area (Å²) >= 11 is 0. The highest BCUT2D eigenvalue weighted by Gasteiger charge is 2.60. The third kappa shape index (κ3) is 5.12. The van der Waals surface area contributed by atoms with Crippen LogP contribution in [-0.4, -0.2) is 34.6 Å². The molecule has 39 heavy (non-hydrogen) atoms. The largest absolute Gasteiger partial charge is 0.492 e. The van der Waals surface area contributed by atoms with Crippen LogP contribution in [0.15, 0.2) is 30.1 Å². The predicted octanol–water partition coefficient (Wildman–Crippen LogP) is 7.10. The fourth-order valence-electron chi connectivity index (χ4n) is 9.80. The average Bonchev–Trinajstić information content (AvgIpc) is 3.29. The molecule has 1 aromatic rings. The van der Waals surface area contributed by atoms with E-state index in [1.165, 1.54) is 49.7 Å². The quantitative estimate of drug-likeness (QED) is 0.348. The van der Waals surface area contributed by atoms with Crippen molar-refractivity contribution >= 4 is 5.78 Å². The van der Waals surface area contributed by atoms with E-state index in [0.717, 1.165) is 57.1 Å². The molecule has 5 aliphatic carbocycles. The molecule has 4 saturated carbocycles. The van der Waals surface area contributed by atoms with Gasteiger partial charge in [0.1, 0.15) is 11.5 Å². The van der Waals surface area contributed by atoms with Crippen molar-refractivity contribution in [3.05, 3.63) is 35.7 Å². The number of fused-ring (bicyclic) bond motifs is 5. The summed E-state index contributed by atoms with van der Waals surface area (Å²) < 4.78 is 6.39. The van der Waals surface area contributed by atoms with Gasteiger partial charge in [0.2, 0.25) is 0 Å². The van der Waals surface area contributed by atoms with E-state index in [1.54, 1.807) is 0 Å². The summed E-state index contributed by atoms with van der Waals surface area (Å²) in [7, 11) is 0. The molecule has 0 radical (unpaired) electrons. The summed E-state index contributed by atoms with van der Waals surface area (Å²) in [5.74, 6) is 3.10. The Morgan fingerprint density at radius 2 is 1.95 bits per heavy atom. The first-order chi connectivity index (χ1) is 18.9. The van der Waals surface area contributed by atoms with E-state index in [4.69, 9.17) is 4.74 Å². The number of carbonyl (C=O) groups excluding carboxylic acids is 1. The second kappa shape index (κ2) is 11.3. The summed E-state index contributed by atoms with van der Waals surface area (Å²) in [5.41, 5.74) is 2.79. The van der Waals surface area contributed by atoms with Crippen LogP contribution in [0.25, 0.3) is 0 Å². The molecule has 2 N–H and O–H groups in total. The van der Waals surface area contributed by atoms with Crippen LogP contribution in [0.1, 0.15) is 122 Å². The van der Waals surface area contributed by atoms with E-state index in [1.807, 2.05) is 12.4 Å². The molecule has 214 valence electrons. The molecule has 0 aliphatic heterocycles. The first-order valence-electron chi connectivity index (χ1n) is 16.2. The third-order valence-corrected chi connectivity index (χ3v) is 12.0. The summed E-state index contributed by atoms with van der Waals surface area (Å²) in [4.78, 5) is 16.8. The number of carbonyl (C=O) groups is 1. The van der Waals surface area contributed by atoms with E-state index in [9.17, 15) is 9.90 Å². The van der Waals surface area contributed by atoms with Gasteiger partial charge >= 0.3 is 0 Å². The molecule has 0 spiro atoms. The summed E-state index contributed by atoms with van der Waals surface area (Å²) in [6.45, 7) is 5.33. The number of ether oxygens (including phenoxy) is 1. The smallest absolute Gasteiger partial charge is 0.137 e. The molecule has 5 unspecified atom stereocenters. The van der Waals surface area contributed by atoms with E-state index in [0.29, 0.717) is 48.6 Å². The van der Waals surface area contributed by atoms with Gasteiger partial charge in [-0.15, -0.1) is 0 Å². The standard InChI is InChI=1S/C34H50N2O3/c1-3-31(36-25-7-5-4-6-8-25)23-19-27(22-35-21-23)39-18-17-34-16-14-29-28(30(34)11-12-32(34)38)10-9-24-20-26(37)13-15-33(24,29)2/h9,19,21-22,25,28-32,36,38H,3-8,10-18,20H2,1-2H3/t28?,29?,30?,31?,32?,33-,34+/m0/s1. The Morgan fingerprint density at radius 3 is 2.77 bits per heavy atom. The van der Waals surface area contributed by atoms with Crippen LogP contribution in [0.5, 0.6) is 5.75 Å². The predicted molar refractivity (Wildman–Crippen MR) is 154 cm³/mol. The van der Waals surface area contributed by atoms with Gasteiger partial charge in [0, 0.05) is 36.5 Å². The maximum absolute atomic E-state index is 12.2. The van der Waals surface area contributed by atoms with Crippen molar-refractivity contribution in [2.45, 2.75) is 128 Å². The van der Waals surface area contributed by atoms with Gasteiger partial charge in [0.25, 0.3) is 0 Å². The number of rotatable bonds is 8. The Kier molecular flexibility index (Phi) is 7.94. The number of hydrogen-bond donors (Lipinski definition) is 2. The second-order valence-electron chi connectivity index (χ2n) is 13.9. The summed E-state index contributed by atoms with van der Waals surface area (Å²) in [5, 5.41) is 15.3. The van der Waals surface area contributed by atoms with E-state index >= 15 is 0 Å². The monoisotopic (exact) mass is 534 g/mol. The number of aliphatic hydroxyl groups excluding tert-OH is 1. The van der Waals surface area contributed by atoms with Crippen molar-refractivity contribution in [1.82, 2.24) is 10.3 Å². The van der Waals surface area contributed by atoms with Crippen LogP contribution in [-0.2, 0) is 4.79 Å². The van der Waals surface area contributed by atoms with Crippen molar-refractivity contribution < 1.29 is 14.6 Å². The number of hydrogen-bond acceptors (Lipinski definition) is 5. The number of nitrogens with zero attached hydrogens (tertiary/aromatic N) is 1. The van der Waals surface area contributed by atoms with Crippen LogP contribution in [0.4, 0.5) is 0 Å². The number of Topliss-reactive ketones (excluding diaryl/α,β-unsaturated/α-hetero) is 1. The lowest BCUT2D eigenvalue weighted by molar-refractivity contribution is -0.123. The van der Waals surface area contributed by atoms with Crippen LogP contribution in [0.2, 0.25) is 0 Å². The zero-order chi connectivity index (χ0) is 27.0. The second-order valence-corrected chi connectivity index (χ2v) is 13.9. The number of aromatic nitrogens is 1. The highest BCUT2D eigenvalue weighted by Crippen LogP contribution is 2.65. The van der Waals surface area contributed by atoms with Crippen molar-refractivity contribution in [2.75, 3.05) is 6.61 Å². The van der Waals surface area contributed by atoms with Gasteiger partial charge in [0.05, 0.1) is 18.9 Å². The number of pyridine rings is 1. The first kappa shape index (κ1) is 27.4. The topological polar surface area (TPSA) is 71.5 Å². The average molecular weight is 535 g/mol. The Morgan fingerprint density at radius 1 is 1.10 bits per heavy atom. The lowest BCUT2D eigenvalue weighted by atomic mass is 9.47. The van der Waals surface area contributed by atoms with E-state index in [-0.39, 0.29) is 16.9 Å². The van der Waals surface area contributed by atoms with Crippen LogP contribution in [0.3, 0.4) is 0 Å². The fourth-order valence-corrected chi connectivity index (χ4v) is 9.80. The summed E-state index contributed by atoms with van der Waals surface area (Å²) in [6.07, 6.45) is 22.4. The molecular formula is C34H50N2O3. The van der Waals surface area contributed by atoms with Gasteiger partial charge in [-0.1, -0.05) is 44.8 Å². The molecule has 0 amide bonds. The van der Waals surface area contributed by atoms with Gasteiger partial charge in [-0.25, -0.2) is 0 Å². The Balaban J connectivity index is 1.12. The third-order valence-electron chi connectivity index (χ3n) is 12.0. The molecule has 5 heteroatoms. The first-order valence-corrected chi connectivity index (χ1v) is 16.2. The van der Waals surface area contributed by atoms with Crippen molar-refractivity contribution in [1.29, 1.82) is 0 Å².